The lowest BCUT2D eigenvalue weighted by atomic mass is 9.96. The number of nitrogens with zero attached hydrogens (tertiary/aromatic N) is 3. The van der Waals surface area contributed by atoms with Crippen LogP contribution in [0.1, 0.15) is 25.7 Å². The molecule has 0 atom stereocenters. The molecule has 2 aromatic rings. The summed E-state index contributed by atoms with van der Waals surface area (Å²) in [5, 5.41) is 3.12. The van der Waals surface area contributed by atoms with Crippen molar-refractivity contribution in [3.63, 3.8) is 0 Å². The highest BCUT2D eigenvalue weighted by molar-refractivity contribution is 5.79. The molecule has 2 heterocycles. The van der Waals surface area contributed by atoms with Crippen LogP contribution >= 0.6 is 0 Å². The first kappa shape index (κ1) is 13.5. The van der Waals surface area contributed by atoms with E-state index in [0.717, 1.165) is 55.6 Å². The van der Waals surface area contributed by atoms with Gasteiger partial charge >= 0.3 is 0 Å². The second-order valence-corrected chi connectivity index (χ2v) is 6.26. The van der Waals surface area contributed by atoms with Gasteiger partial charge < -0.3 is 10.2 Å². The van der Waals surface area contributed by atoms with Crippen molar-refractivity contribution in [1.82, 2.24) is 15.3 Å². The summed E-state index contributed by atoms with van der Waals surface area (Å²) >= 11 is 0. The van der Waals surface area contributed by atoms with Gasteiger partial charge in [0.05, 0.1) is 17.2 Å². The molecule has 22 heavy (non-hydrogen) atoms. The summed E-state index contributed by atoms with van der Waals surface area (Å²) in [6, 6.07) is 8.37. The summed E-state index contributed by atoms with van der Waals surface area (Å²) < 4.78 is 0. The number of aromatic nitrogens is 2. The van der Waals surface area contributed by atoms with Crippen molar-refractivity contribution in [2.45, 2.75) is 31.7 Å². The molecule has 0 unspecified atom stereocenters. The maximum atomic E-state index is 12.1. The number of nitrogens with one attached hydrogen (secondary N) is 1. The molecule has 0 spiro atoms. The number of amides is 1. The maximum absolute atomic E-state index is 12.1. The van der Waals surface area contributed by atoms with Gasteiger partial charge in [0, 0.05) is 25.0 Å². The van der Waals surface area contributed by atoms with E-state index in [2.05, 4.69) is 15.2 Å². The minimum atomic E-state index is 0.158. The van der Waals surface area contributed by atoms with Crippen LogP contribution in [0.25, 0.3) is 11.0 Å². The fraction of sp³-hybridized carbons (Fsp3) is 0.471. The SMILES string of the molecule is O=C(NC1CC1)C1CCN(c2cnc3ccccc3n2)CC1. The maximum Gasteiger partial charge on any atom is 0.223 e. The predicted octanol–water partition coefficient (Wildman–Crippen LogP) is 2.12. The van der Waals surface area contributed by atoms with E-state index >= 15 is 0 Å². The Bertz CT molecular complexity index is 690. The Balaban J connectivity index is 1.42. The van der Waals surface area contributed by atoms with Crippen LogP contribution in [-0.4, -0.2) is 35.0 Å². The molecule has 1 N–H and O–H groups in total. The van der Waals surface area contributed by atoms with Gasteiger partial charge in [-0.05, 0) is 37.8 Å². The van der Waals surface area contributed by atoms with E-state index in [1.165, 1.54) is 0 Å². The number of anilines is 1. The molecule has 5 heteroatoms. The Kier molecular flexibility index (Phi) is 3.41. The fourth-order valence-electron chi connectivity index (χ4n) is 3.02. The Morgan fingerprint density at radius 3 is 2.55 bits per heavy atom. The Morgan fingerprint density at radius 2 is 1.82 bits per heavy atom. The molecule has 2 aliphatic rings. The number of carbonyl (C=O) groups excluding carboxylic acids is 1. The number of hydrogen-bond donors (Lipinski definition) is 1. The van der Waals surface area contributed by atoms with Gasteiger partial charge in [0.15, 0.2) is 0 Å². The lowest BCUT2D eigenvalue weighted by Gasteiger charge is -2.32. The zero-order valence-electron chi connectivity index (χ0n) is 12.5. The van der Waals surface area contributed by atoms with Crippen LogP contribution in [0.3, 0.4) is 0 Å². The average molecular weight is 296 g/mol. The monoisotopic (exact) mass is 296 g/mol. The largest absolute Gasteiger partial charge is 0.355 e. The van der Waals surface area contributed by atoms with Crippen molar-refractivity contribution in [2.75, 3.05) is 18.0 Å². The van der Waals surface area contributed by atoms with Crippen LogP contribution in [0.5, 0.6) is 0 Å². The number of hydrogen-bond acceptors (Lipinski definition) is 4. The summed E-state index contributed by atoms with van der Waals surface area (Å²) in [6.07, 6.45) is 5.93. The number of para-hydroxylation sites is 2. The minimum Gasteiger partial charge on any atom is -0.355 e. The van der Waals surface area contributed by atoms with Crippen molar-refractivity contribution in [3.8, 4) is 0 Å². The molecular weight excluding hydrogens is 276 g/mol. The normalized spacial score (nSPS) is 19.4. The number of benzene rings is 1. The highest BCUT2D eigenvalue weighted by Crippen LogP contribution is 2.25. The van der Waals surface area contributed by atoms with Gasteiger partial charge in [0.2, 0.25) is 5.91 Å². The molecule has 4 rings (SSSR count). The van der Waals surface area contributed by atoms with Gasteiger partial charge in [-0.2, -0.15) is 0 Å². The molecule has 114 valence electrons. The lowest BCUT2D eigenvalue weighted by molar-refractivity contribution is -0.125. The smallest absolute Gasteiger partial charge is 0.223 e. The van der Waals surface area contributed by atoms with E-state index in [0.29, 0.717) is 6.04 Å². The first-order chi connectivity index (χ1) is 10.8. The highest BCUT2D eigenvalue weighted by Gasteiger charge is 2.30. The molecule has 1 saturated heterocycles. The van der Waals surface area contributed by atoms with E-state index in [9.17, 15) is 4.79 Å². The molecule has 0 bridgehead atoms. The van der Waals surface area contributed by atoms with E-state index in [1.807, 2.05) is 30.5 Å². The van der Waals surface area contributed by atoms with Gasteiger partial charge in [0.1, 0.15) is 5.82 Å². The molecule has 1 saturated carbocycles. The molecule has 1 aromatic heterocycles. The van der Waals surface area contributed by atoms with E-state index in [4.69, 9.17) is 4.98 Å². The number of fused-ring (bicyclic) bond motifs is 1. The summed E-state index contributed by atoms with van der Waals surface area (Å²) in [5.41, 5.74) is 1.85. The van der Waals surface area contributed by atoms with Crippen LogP contribution in [0.15, 0.2) is 30.5 Å². The third-order valence-electron chi connectivity index (χ3n) is 4.55. The third kappa shape index (κ3) is 2.75. The summed E-state index contributed by atoms with van der Waals surface area (Å²) in [6.45, 7) is 1.74. The van der Waals surface area contributed by atoms with Crippen LogP contribution < -0.4 is 10.2 Å². The van der Waals surface area contributed by atoms with Gasteiger partial charge in [-0.15, -0.1) is 0 Å². The molecule has 2 fully saturated rings. The molecule has 0 radical (unpaired) electrons. The summed E-state index contributed by atoms with van der Waals surface area (Å²) in [4.78, 5) is 23.5. The van der Waals surface area contributed by atoms with Crippen molar-refractivity contribution >= 4 is 22.8 Å². The number of piperidine rings is 1. The zero-order chi connectivity index (χ0) is 14.9. The Morgan fingerprint density at radius 1 is 1.09 bits per heavy atom. The molecule has 1 aliphatic heterocycles. The van der Waals surface area contributed by atoms with E-state index in [-0.39, 0.29) is 11.8 Å². The highest BCUT2D eigenvalue weighted by atomic mass is 16.2. The molecule has 1 amide bonds. The third-order valence-corrected chi connectivity index (χ3v) is 4.55. The topological polar surface area (TPSA) is 58.1 Å². The van der Waals surface area contributed by atoms with Crippen LogP contribution in [0, 0.1) is 5.92 Å². The second-order valence-electron chi connectivity index (χ2n) is 6.26. The summed E-state index contributed by atoms with van der Waals surface area (Å²) in [5.74, 6) is 1.32. The van der Waals surface area contributed by atoms with Crippen molar-refractivity contribution in [3.05, 3.63) is 30.5 Å². The summed E-state index contributed by atoms with van der Waals surface area (Å²) in [7, 11) is 0. The predicted molar refractivity (Wildman–Crippen MR) is 85.6 cm³/mol. The number of rotatable bonds is 3. The second kappa shape index (κ2) is 5.55. The molecule has 1 aliphatic carbocycles. The van der Waals surface area contributed by atoms with Crippen LogP contribution in [-0.2, 0) is 4.79 Å². The van der Waals surface area contributed by atoms with Gasteiger partial charge in [-0.3, -0.25) is 9.78 Å². The Labute approximate surface area is 129 Å². The van der Waals surface area contributed by atoms with E-state index in [1.54, 1.807) is 0 Å². The zero-order valence-corrected chi connectivity index (χ0v) is 12.5. The van der Waals surface area contributed by atoms with Crippen LogP contribution in [0.4, 0.5) is 5.82 Å². The quantitative estimate of drug-likeness (QED) is 0.942. The number of carbonyl (C=O) groups is 1. The standard InChI is InChI=1S/C17H20N4O/c22-17(19-13-5-6-13)12-7-9-21(10-8-12)16-11-18-14-3-1-2-4-15(14)20-16/h1-4,11-13H,5-10H2,(H,19,22). The van der Waals surface area contributed by atoms with Crippen molar-refractivity contribution < 1.29 is 4.79 Å². The van der Waals surface area contributed by atoms with Crippen molar-refractivity contribution in [1.29, 1.82) is 0 Å². The van der Waals surface area contributed by atoms with E-state index < -0.39 is 0 Å². The minimum absolute atomic E-state index is 0.158. The molecular formula is C17H20N4O. The lowest BCUT2D eigenvalue weighted by Crippen LogP contribution is -2.41. The fourth-order valence-corrected chi connectivity index (χ4v) is 3.02. The molecule has 5 nitrogen and oxygen atoms in total. The molecule has 1 aromatic carbocycles. The average Bonchev–Trinajstić information content (AvgIpc) is 3.38. The first-order valence-corrected chi connectivity index (χ1v) is 8.07. The Hall–Kier alpha value is -2.17. The van der Waals surface area contributed by atoms with Crippen molar-refractivity contribution in [2.24, 2.45) is 5.92 Å². The van der Waals surface area contributed by atoms with Gasteiger partial charge in [-0.25, -0.2) is 4.98 Å². The first-order valence-electron chi connectivity index (χ1n) is 8.07. The van der Waals surface area contributed by atoms with Gasteiger partial charge in [0.25, 0.3) is 0 Å². The van der Waals surface area contributed by atoms with Gasteiger partial charge in [-0.1, -0.05) is 12.1 Å². The van der Waals surface area contributed by atoms with Crippen LogP contribution in [0.2, 0.25) is 0 Å².